The maximum absolute atomic E-state index is 9.67. The summed E-state index contributed by atoms with van der Waals surface area (Å²) >= 11 is 5.91. The maximum Gasteiger partial charge on any atom is 0.170 e. The van der Waals surface area contributed by atoms with E-state index in [0.29, 0.717) is 40.2 Å². The van der Waals surface area contributed by atoms with Gasteiger partial charge in [-0.25, -0.2) is 9.97 Å². The molecule has 0 saturated heterocycles. The molecule has 0 atom stereocenters. The lowest BCUT2D eigenvalue weighted by Gasteiger charge is -2.07. The van der Waals surface area contributed by atoms with Crippen molar-refractivity contribution in [3.05, 3.63) is 65.5 Å². The number of ether oxygens (including phenoxy) is 1. The van der Waals surface area contributed by atoms with Crippen molar-refractivity contribution >= 4 is 22.6 Å². The van der Waals surface area contributed by atoms with E-state index in [4.69, 9.17) is 16.3 Å². The zero-order valence-electron chi connectivity index (χ0n) is 13.1. The van der Waals surface area contributed by atoms with Crippen molar-refractivity contribution in [2.45, 2.75) is 13.2 Å². The minimum atomic E-state index is -0.195. The van der Waals surface area contributed by atoms with Gasteiger partial charge < -0.3 is 14.4 Å². The van der Waals surface area contributed by atoms with Crippen LogP contribution >= 0.6 is 11.6 Å². The number of aromatic amines is 1. The Morgan fingerprint density at radius 2 is 2.00 bits per heavy atom. The van der Waals surface area contributed by atoms with Crippen molar-refractivity contribution < 1.29 is 9.84 Å². The Hall–Kier alpha value is -2.90. The van der Waals surface area contributed by atoms with Gasteiger partial charge in [-0.1, -0.05) is 17.7 Å². The van der Waals surface area contributed by atoms with E-state index in [1.807, 2.05) is 22.8 Å². The summed E-state index contributed by atoms with van der Waals surface area (Å²) in [6.45, 7) is 0.208. The van der Waals surface area contributed by atoms with Crippen LogP contribution in [0.5, 0.6) is 11.5 Å². The molecule has 8 heteroatoms. The number of aliphatic hydroxyl groups is 1. The van der Waals surface area contributed by atoms with Crippen LogP contribution in [0, 0.1) is 0 Å². The van der Waals surface area contributed by atoms with Gasteiger partial charge in [0.1, 0.15) is 30.0 Å². The third-order valence-corrected chi connectivity index (χ3v) is 4.02. The Balaban J connectivity index is 1.76. The fourth-order valence-corrected chi connectivity index (χ4v) is 2.76. The summed E-state index contributed by atoms with van der Waals surface area (Å²) < 4.78 is 7.81. The second kappa shape index (κ2) is 6.54. The lowest BCUT2D eigenvalue weighted by Crippen LogP contribution is -2.06. The molecule has 0 aliphatic carbocycles. The van der Waals surface area contributed by atoms with E-state index in [1.54, 1.807) is 24.3 Å². The molecule has 4 rings (SSSR count). The molecule has 2 aromatic heterocycles. The van der Waals surface area contributed by atoms with Crippen LogP contribution in [0.4, 0.5) is 0 Å². The minimum absolute atomic E-state index is 0.195. The number of hydrogen-bond acceptors (Lipinski definition) is 5. The van der Waals surface area contributed by atoms with Gasteiger partial charge in [0.15, 0.2) is 11.6 Å². The number of fused-ring (bicyclic) bond motifs is 1. The number of para-hydroxylation sites is 1. The maximum atomic E-state index is 9.67. The van der Waals surface area contributed by atoms with E-state index in [-0.39, 0.29) is 6.61 Å². The first-order valence-electron chi connectivity index (χ1n) is 7.61. The molecular formula is C17H14ClN5O2. The van der Waals surface area contributed by atoms with Gasteiger partial charge in [0.05, 0.1) is 12.1 Å². The number of rotatable bonds is 5. The van der Waals surface area contributed by atoms with Crippen molar-refractivity contribution in [2.75, 3.05) is 0 Å². The van der Waals surface area contributed by atoms with Crippen molar-refractivity contribution in [1.82, 2.24) is 24.7 Å². The first kappa shape index (κ1) is 15.6. The van der Waals surface area contributed by atoms with Crippen LogP contribution in [0.3, 0.4) is 0 Å². The zero-order valence-corrected chi connectivity index (χ0v) is 13.8. The topological polar surface area (TPSA) is 88.9 Å². The zero-order chi connectivity index (χ0) is 17.2. The number of aliphatic hydroxyl groups excluding tert-OH is 1. The summed E-state index contributed by atoms with van der Waals surface area (Å²) in [4.78, 5) is 8.65. The van der Waals surface area contributed by atoms with Gasteiger partial charge in [-0.2, -0.15) is 5.10 Å². The van der Waals surface area contributed by atoms with Gasteiger partial charge in [-0.15, -0.1) is 0 Å². The summed E-state index contributed by atoms with van der Waals surface area (Å²) in [7, 11) is 0. The third-order valence-electron chi connectivity index (χ3n) is 3.77. The van der Waals surface area contributed by atoms with Crippen molar-refractivity contribution in [3.63, 3.8) is 0 Å². The number of imidazole rings is 1. The molecule has 7 nitrogen and oxygen atoms in total. The lowest BCUT2D eigenvalue weighted by atomic mass is 10.3. The summed E-state index contributed by atoms with van der Waals surface area (Å²) in [6, 6.07) is 12.7. The highest BCUT2D eigenvalue weighted by Crippen LogP contribution is 2.31. The monoisotopic (exact) mass is 355 g/mol. The Kier molecular flexibility index (Phi) is 4.09. The molecule has 126 valence electrons. The highest BCUT2D eigenvalue weighted by molar-refractivity contribution is 6.30. The molecule has 4 aromatic rings. The number of benzene rings is 2. The van der Waals surface area contributed by atoms with Crippen LogP contribution in [-0.4, -0.2) is 29.8 Å². The highest BCUT2D eigenvalue weighted by atomic mass is 35.5. The van der Waals surface area contributed by atoms with Gasteiger partial charge >= 0.3 is 0 Å². The number of hydrogen-bond donors (Lipinski definition) is 2. The van der Waals surface area contributed by atoms with E-state index in [0.717, 1.165) is 5.52 Å². The molecule has 0 aliphatic heterocycles. The SMILES string of the molecule is OCc1nc2c(Oc3ccc(Cl)cc3)cccc2n1Cc1nc[nH]n1. The average molecular weight is 356 g/mol. The van der Waals surface area contributed by atoms with Gasteiger partial charge in [-0.05, 0) is 36.4 Å². The molecule has 0 fully saturated rings. The summed E-state index contributed by atoms with van der Waals surface area (Å²) in [5, 5.41) is 17.1. The Labute approximate surface area is 147 Å². The molecule has 2 aromatic carbocycles. The van der Waals surface area contributed by atoms with Crippen LogP contribution in [0.2, 0.25) is 5.02 Å². The molecular weight excluding hydrogens is 342 g/mol. The van der Waals surface area contributed by atoms with Crippen molar-refractivity contribution in [1.29, 1.82) is 0 Å². The van der Waals surface area contributed by atoms with E-state index < -0.39 is 0 Å². The molecule has 2 heterocycles. The van der Waals surface area contributed by atoms with Crippen LogP contribution in [0.15, 0.2) is 48.8 Å². The third kappa shape index (κ3) is 3.07. The first-order valence-corrected chi connectivity index (χ1v) is 7.99. The Morgan fingerprint density at radius 1 is 1.16 bits per heavy atom. The first-order chi connectivity index (χ1) is 12.2. The van der Waals surface area contributed by atoms with Crippen molar-refractivity contribution in [2.24, 2.45) is 0 Å². The number of halogens is 1. The number of nitrogens with zero attached hydrogens (tertiary/aromatic N) is 4. The van der Waals surface area contributed by atoms with Gasteiger partial charge in [0, 0.05) is 5.02 Å². The molecule has 2 N–H and O–H groups in total. The number of nitrogens with one attached hydrogen (secondary N) is 1. The summed E-state index contributed by atoms with van der Waals surface area (Å²) in [5.41, 5.74) is 1.50. The van der Waals surface area contributed by atoms with Gasteiger partial charge in [-0.3, -0.25) is 5.10 Å². The number of H-pyrrole nitrogens is 1. The van der Waals surface area contributed by atoms with E-state index in [2.05, 4.69) is 20.2 Å². The molecule has 0 amide bonds. The number of aromatic nitrogens is 5. The van der Waals surface area contributed by atoms with E-state index in [9.17, 15) is 5.11 Å². The summed E-state index contributed by atoms with van der Waals surface area (Å²) in [6.07, 6.45) is 1.52. The van der Waals surface area contributed by atoms with E-state index in [1.165, 1.54) is 6.33 Å². The highest BCUT2D eigenvalue weighted by Gasteiger charge is 2.15. The Morgan fingerprint density at radius 3 is 2.72 bits per heavy atom. The fourth-order valence-electron chi connectivity index (χ4n) is 2.63. The van der Waals surface area contributed by atoms with Crippen LogP contribution in [0.25, 0.3) is 11.0 Å². The van der Waals surface area contributed by atoms with E-state index >= 15 is 0 Å². The predicted octanol–water partition coefficient (Wildman–Crippen LogP) is 3.14. The summed E-state index contributed by atoms with van der Waals surface area (Å²) in [5.74, 6) is 2.39. The molecule has 25 heavy (non-hydrogen) atoms. The van der Waals surface area contributed by atoms with Crippen LogP contribution in [-0.2, 0) is 13.2 Å². The fraction of sp³-hybridized carbons (Fsp3) is 0.118. The predicted molar refractivity (Wildman–Crippen MR) is 92.7 cm³/mol. The Bertz CT molecular complexity index is 996. The minimum Gasteiger partial charge on any atom is -0.455 e. The standard InChI is InChI=1S/C17H14ClN5O2/c18-11-4-6-12(7-5-11)25-14-3-1-2-13-17(14)21-16(9-24)23(13)8-15-19-10-20-22-15/h1-7,10,24H,8-9H2,(H,19,20,22). The lowest BCUT2D eigenvalue weighted by molar-refractivity contribution is 0.266. The molecule has 0 aliphatic rings. The normalized spacial score (nSPS) is 11.1. The quantitative estimate of drug-likeness (QED) is 0.574. The van der Waals surface area contributed by atoms with Crippen molar-refractivity contribution in [3.8, 4) is 11.5 Å². The average Bonchev–Trinajstić information content (AvgIpc) is 3.26. The molecule has 0 bridgehead atoms. The largest absolute Gasteiger partial charge is 0.455 e. The van der Waals surface area contributed by atoms with Gasteiger partial charge in [0.2, 0.25) is 0 Å². The van der Waals surface area contributed by atoms with Crippen LogP contribution < -0.4 is 4.74 Å². The molecule has 0 unspecified atom stereocenters. The second-order valence-corrected chi connectivity index (χ2v) is 5.80. The second-order valence-electron chi connectivity index (χ2n) is 5.37. The van der Waals surface area contributed by atoms with Gasteiger partial charge in [0.25, 0.3) is 0 Å². The molecule has 0 spiro atoms. The molecule has 0 radical (unpaired) electrons. The van der Waals surface area contributed by atoms with Crippen LogP contribution in [0.1, 0.15) is 11.6 Å². The molecule has 0 saturated carbocycles. The smallest absolute Gasteiger partial charge is 0.170 e.